The summed E-state index contributed by atoms with van der Waals surface area (Å²) in [5.41, 5.74) is 1.07. The second-order valence-electron chi connectivity index (χ2n) is 4.05. The highest BCUT2D eigenvalue weighted by molar-refractivity contribution is 9.10. The lowest BCUT2D eigenvalue weighted by Crippen LogP contribution is -2.43. The van der Waals surface area contributed by atoms with Crippen LogP contribution in [0.25, 0.3) is 0 Å². The molecule has 0 amide bonds. The van der Waals surface area contributed by atoms with Crippen LogP contribution in [-0.2, 0) is 14.3 Å². The number of rotatable bonds is 3. The minimum absolute atomic E-state index is 0.119. The highest BCUT2D eigenvalue weighted by Crippen LogP contribution is 2.26. The summed E-state index contributed by atoms with van der Waals surface area (Å²) in [6, 6.07) is 1.95. The predicted molar refractivity (Wildman–Crippen MR) is 70.5 cm³/mol. The summed E-state index contributed by atoms with van der Waals surface area (Å²) in [6.07, 6.45) is 3.69. The number of nitrogens with zero attached hydrogens (tertiary/aromatic N) is 2. The van der Waals surface area contributed by atoms with Crippen LogP contribution in [0.4, 0.5) is 5.69 Å². The van der Waals surface area contributed by atoms with E-state index in [1.54, 1.807) is 12.4 Å². The molecule has 0 aromatic carbocycles. The van der Waals surface area contributed by atoms with Crippen LogP contribution in [0.5, 0.6) is 0 Å². The molecular formula is C12H15BrN2O3. The molecule has 18 heavy (non-hydrogen) atoms. The number of ether oxygens (including phenoxy) is 2. The molecule has 6 heteroatoms. The van der Waals surface area contributed by atoms with Crippen molar-refractivity contribution in [2.45, 2.75) is 12.5 Å². The highest BCUT2D eigenvalue weighted by atomic mass is 79.9. The number of anilines is 1. The van der Waals surface area contributed by atoms with Gasteiger partial charge in [-0.15, -0.1) is 0 Å². The van der Waals surface area contributed by atoms with Gasteiger partial charge in [0, 0.05) is 25.5 Å². The topological polar surface area (TPSA) is 51.7 Å². The number of carbonyl (C=O) groups is 1. The Hall–Kier alpha value is -1.14. The Balaban J connectivity index is 2.03. The van der Waals surface area contributed by atoms with Gasteiger partial charge in [-0.1, -0.05) is 0 Å². The molecule has 1 aromatic heterocycles. The minimum Gasteiger partial charge on any atom is -0.469 e. The molecular weight excluding hydrogens is 300 g/mol. The van der Waals surface area contributed by atoms with Gasteiger partial charge in [0.25, 0.3) is 0 Å². The number of morpholine rings is 1. The summed E-state index contributed by atoms with van der Waals surface area (Å²) in [6.45, 7) is 2.09. The van der Waals surface area contributed by atoms with Crippen molar-refractivity contribution in [3.63, 3.8) is 0 Å². The van der Waals surface area contributed by atoms with Gasteiger partial charge in [0.05, 0.1) is 36.4 Å². The maximum atomic E-state index is 11.3. The minimum atomic E-state index is -0.240. The van der Waals surface area contributed by atoms with E-state index in [9.17, 15) is 4.79 Å². The van der Waals surface area contributed by atoms with Crippen molar-refractivity contribution in [1.82, 2.24) is 4.98 Å². The molecule has 1 aromatic rings. The van der Waals surface area contributed by atoms with Crippen LogP contribution < -0.4 is 4.90 Å². The van der Waals surface area contributed by atoms with Crippen molar-refractivity contribution >= 4 is 27.6 Å². The van der Waals surface area contributed by atoms with Gasteiger partial charge in [0.2, 0.25) is 0 Å². The van der Waals surface area contributed by atoms with Crippen LogP contribution in [-0.4, -0.2) is 43.9 Å². The molecule has 0 spiro atoms. The van der Waals surface area contributed by atoms with Gasteiger partial charge in [0.1, 0.15) is 0 Å². The van der Waals surface area contributed by atoms with Crippen molar-refractivity contribution in [1.29, 1.82) is 0 Å². The Bertz CT molecular complexity index is 428. The van der Waals surface area contributed by atoms with Gasteiger partial charge in [-0.3, -0.25) is 9.78 Å². The van der Waals surface area contributed by atoms with Gasteiger partial charge in [-0.25, -0.2) is 0 Å². The summed E-state index contributed by atoms with van der Waals surface area (Å²) in [7, 11) is 1.39. The Morgan fingerprint density at radius 2 is 2.56 bits per heavy atom. The molecule has 2 heterocycles. The summed E-state index contributed by atoms with van der Waals surface area (Å²) < 4.78 is 11.2. The molecule has 1 atom stereocenters. The van der Waals surface area contributed by atoms with Crippen LogP contribution >= 0.6 is 15.9 Å². The van der Waals surface area contributed by atoms with Crippen LogP contribution in [0.3, 0.4) is 0 Å². The molecule has 1 unspecified atom stereocenters. The molecule has 0 radical (unpaired) electrons. The highest BCUT2D eigenvalue weighted by Gasteiger charge is 2.24. The summed E-state index contributed by atoms with van der Waals surface area (Å²) >= 11 is 3.48. The monoisotopic (exact) mass is 314 g/mol. The van der Waals surface area contributed by atoms with E-state index in [0.29, 0.717) is 13.2 Å². The fraction of sp³-hybridized carbons (Fsp3) is 0.500. The van der Waals surface area contributed by atoms with Gasteiger partial charge in [-0.05, 0) is 22.0 Å². The van der Waals surface area contributed by atoms with Crippen LogP contribution in [0, 0.1) is 0 Å². The Morgan fingerprint density at radius 1 is 1.72 bits per heavy atom. The van der Waals surface area contributed by atoms with E-state index in [1.807, 2.05) is 6.07 Å². The lowest BCUT2D eigenvalue weighted by molar-refractivity contribution is -0.144. The summed E-state index contributed by atoms with van der Waals surface area (Å²) in [5.74, 6) is -0.240. The number of hydrogen-bond donors (Lipinski definition) is 0. The average Bonchev–Trinajstić information content (AvgIpc) is 2.39. The molecule has 2 rings (SSSR count). The van der Waals surface area contributed by atoms with Crippen LogP contribution in [0.1, 0.15) is 6.42 Å². The lowest BCUT2D eigenvalue weighted by atomic mass is 10.2. The Labute approximate surface area is 114 Å². The first kappa shape index (κ1) is 13.3. The number of methoxy groups -OCH3 is 1. The van der Waals surface area contributed by atoms with E-state index in [0.717, 1.165) is 16.7 Å². The number of aromatic nitrogens is 1. The molecule has 0 N–H and O–H groups in total. The number of esters is 1. The third-order valence-corrected chi connectivity index (χ3v) is 3.46. The molecule has 0 aliphatic carbocycles. The first-order chi connectivity index (χ1) is 8.70. The quantitative estimate of drug-likeness (QED) is 0.793. The molecule has 1 aliphatic heterocycles. The van der Waals surface area contributed by atoms with E-state index < -0.39 is 0 Å². The van der Waals surface area contributed by atoms with Crippen LogP contribution in [0.2, 0.25) is 0 Å². The zero-order chi connectivity index (χ0) is 13.0. The molecule has 0 saturated carbocycles. The smallest absolute Gasteiger partial charge is 0.308 e. The lowest BCUT2D eigenvalue weighted by Gasteiger charge is -2.34. The van der Waals surface area contributed by atoms with E-state index in [-0.39, 0.29) is 18.5 Å². The van der Waals surface area contributed by atoms with E-state index >= 15 is 0 Å². The number of hydrogen-bond acceptors (Lipinski definition) is 5. The molecule has 1 saturated heterocycles. The second kappa shape index (κ2) is 6.15. The van der Waals surface area contributed by atoms with E-state index in [1.165, 1.54) is 7.11 Å². The number of pyridine rings is 1. The molecule has 5 nitrogen and oxygen atoms in total. The normalized spacial score (nSPS) is 19.7. The molecule has 0 bridgehead atoms. The fourth-order valence-electron chi connectivity index (χ4n) is 1.96. The average molecular weight is 315 g/mol. The zero-order valence-electron chi connectivity index (χ0n) is 10.1. The number of carbonyl (C=O) groups excluding carboxylic acids is 1. The van der Waals surface area contributed by atoms with Gasteiger partial charge in [0.15, 0.2) is 0 Å². The van der Waals surface area contributed by atoms with Crippen LogP contribution in [0.15, 0.2) is 22.9 Å². The van der Waals surface area contributed by atoms with Crippen molar-refractivity contribution in [2.24, 2.45) is 0 Å². The Kier molecular flexibility index (Phi) is 4.54. The van der Waals surface area contributed by atoms with Crippen molar-refractivity contribution < 1.29 is 14.3 Å². The van der Waals surface area contributed by atoms with Crippen molar-refractivity contribution in [3.8, 4) is 0 Å². The second-order valence-corrected chi connectivity index (χ2v) is 4.90. The van der Waals surface area contributed by atoms with Gasteiger partial charge < -0.3 is 14.4 Å². The van der Waals surface area contributed by atoms with E-state index in [4.69, 9.17) is 4.74 Å². The first-order valence-corrected chi connectivity index (χ1v) is 6.53. The SMILES string of the molecule is COC(=O)CC1CN(c2ccncc2Br)CCO1. The molecule has 1 aliphatic rings. The third-order valence-electron chi connectivity index (χ3n) is 2.85. The summed E-state index contributed by atoms with van der Waals surface area (Å²) in [5, 5.41) is 0. The van der Waals surface area contributed by atoms with E-state index in [2.05, 4.69) is 30.6 Å². The molecule has 1 fully saturated rings. The maximum absolute atomic E-state index is 11.3. The third kappa shape index (κ3) is 3.20. The zero-order valence-corrected chi connectivity index (χ0v) is 11.7. The maximum Gasteiger partial charge on any atom is 0.308 e. The Morgan fingerprint density at radius 3 is 3.28 bits per heavy atom. The van der Waals surface area contributed by atoms with Gasteiger partial charge >= 0.3 is 5.97 Å². The van der Waals surface area contributed by atoms with Crippen molar-refractivity contribution in [2.75, 3.05) is 31.7 Å². The van der Waals surface area contributed by atoms with Gasteiger partial charge in [-0.2, -0.15) is 0 Å². The van der Waals surface area contributed by atoms with Crippen molar-refractivity contribution in [3.05, 3.63) is 22.9 Å². The number of halogens is 1. The molecule has 98 valence electrons. The fourth-order valence-corrected chi connectivity index (χ4v) is 2.46. The predicted octanol–water partition coefficient (Wildman–Crippen LogP) is 1.61. The first-order valence-electron chi connectivity index (χ1n) is 5.73. The standard InChI is InChI=1S/C12H15BrN2O3/c1-17-12(16)6-9-8-15(4-5-18-9)11-2-3-14-7-10(11)13/h2-3,7,9H,4-6,8H2,1H3. The largest absolute Gasteiger partial charge is 0.469 e. The summed E-state index contributed by atoms with van der Waals surface area (Å²) in [4.78, 5) is 17.5.